The molecule has 6 heteroatoms. The number of nitrogens with zero attached hydrogens (tertiary/aromatic N) is 3. The average molecular weight is 254 g/mol. The first-order chi connectivity index (χ1) is 8.09. The highest BCUT2D eigenvalue weighted by Gasteiger charge is 2.26. The van der Waals surface area contributed by atoms with E-state index in [1.54, 1.807) is 0 Å². The van der Waals surface area contributed by atoms with Crippen LogP contribution in [0.25, 0.3) is 0 Å². The highest BCUT2D eigenvalue weighted by Crippen LogP contribution is 2.21. The Morgan fingerprint density at radius 3 is 3.00 bits per heavy atom. The molecule has 1 aliphatic heterocycles. The molecule has 0 spiro atoms. The Bertz CT molecular complexity index is 404. The quantitative estimate of drug-likeness (QED) is 0.858. The number of aromatic nitrogens is 2. The minimum absolute atomic E-state index is 0.0806. The van der Waals surface area contributed by atoms with Crippen molar-refractivity contribution in [3.05, 3.63) is 10.6 Å². The van der Waals surface area contributed by atoms with Gasteiger partial charge in [0.2, 0.25) is 0 Å². The molecule has 5 nitrogen and oxygen atoms in total. The smallest absolute Gasteiger partial charge is 0.267 e. The minimum Gasteiger partial charge on any atom is -0.335 e. The number of hydrogen-bond donors (Lipinski definition) is 1. The van der Waals surface area contributed by atoms with Crippen LogP contribution in [0.15, 0.2) is 0 Å². The molecule has 1 amide bonds. The second-order valence-electron chi connectivity index (χ2n) is 4.75. The van der Waals surface area contributed by atoms with E-state index in [0.29, 0.717) is 10.9 Å². The van der Waals surface area contributed by atoms with Gasteiger partial charge in [0.05, 0.1) is 5.69 Å². The van der Waals surface area contributed by atoms with E-state index >= 15 is 0 Å². The summed E-state index contributed by atoms with van der Waals surface area (Å²) in [5.74, 6) is 0.324. The van der Waals surface area contributed by atoms with Gasteiger partial charge in [-0.25, -0.2) is 0 Å². The van der Waals surface area contributed by atoms with Gasteiger partial charge in [-0.3, -0.25) is 4.79 Å². The van der Waals surface area contributed by atoms with E-state index in [-0.39, 0.29) is 11.8 Å². The zero-order valence-corrected chi connectivity index (χ0v) is 11.3. The van der Waals surface area contributed by atoms with Crippen LogP contribution in [-0.4, -0.2) is 46.1 Å². The lowest BCUT2D eigenvalue weighted by molar-refractivity contribution is 0.0712. The Kier molecular flexibility index (Phi) is 3.73. The molecule has 1 N–H and O–H groups in total. The first-order valence-corrected chi connectivity index (χ1v) is 6.72. The topological polar surface area (TPSA) is 58.1 Å². The summed E-state index contributed by atoms with van der Waals surface area (Å²) in [4.78, 5) is 15.0. The van der Waals surface area contributed by atoms with Gasteiger partial charge in [0.1, 0.15) is 4.88 Å². The molecule has 1 atom stereocenters. The van der Waals surface area contributed by atoms with Crippen LogP contribution in [0.2, 0.25) is 0 Å². The van der Waals surface area contributed by atoms with E-state index in [1.165, 1.54) is 11.5 Å². The van der Waals surface area contributed by atoms with Crippen molar-refractivity contribution >= 4 is 17.4 Å². The van der Waals surface area contributed by atoms with Crippen molar-refractivity contribution in [2.45, 2.75) is 32.7 Å². The maximum absolute atomic E-state index is 12.4. The predicted octanol–water partition coefficient (Wildman–Crippen LogP) is 1.10. The van der Waals surface area contributed by atoms with Crippen molar-refractivity contribution in [2.24, 2.45) is 0 Å². The van der Waals surface area contributed by atoms with E-state index in [2.05, 4.69) is 21.8 Å². The van der Waals surface area contributed by atoms with Gasteiger partial charge in [-0.2, -0.15) is 0 Å². The Morgan fingerprint density at radius 1 is 1.59 bits per heavy atom. The molecule has 1 aromatic rings. The number of amides is 1. The van der Waals surface area contributed by atoms with Crippen LogP contribution in [0, 0.1) is 0 Å². The summed E-state index contributed by atoms with van der Waals surface area (Å²) in [6.45, 7) is 8.54. The molecule has 0 aromatic carbocycles. The van der Waals surface area contributed by atoms with Crippen LogP contribution in [0.5, 0.6) is 0 Å². The molecule has 0 aliphatic carbocycles. The Morgan fingerprint density at radius 2 is 2.35 bits per heavy atom. The van der Waals surface area contributed by atoms with E-state index < -0.39 is 0 Å². The zero-order valence-electron chi connectivity index (χ0n) is 10.4. The highest BCUT2D eigenvalue weighted by molar-refractivity contribution is 7.08. The van der Waals surface area contributed by atoms with Crippen LogP contribution in [0.1, 0.15) is 42.1 Å². The summed E-state index contributed by atoms with van der Waals surface area (Å²) in [7, 11) is 0. The van der Waals surface area contributed by atoms with Gasteiger partial charge in [-0.15, -0.1) is 5.10 Å². The molecule has 0 radical (unpaired) electrons. The van der Waals surface area contributed by atoms with Gasteiger partial charge in [0.15, 0.2) is 0 Å². The van der Waals surface area contributed by atoms with Crippen LogP contribution < -0.4 is 5.32 Å². The third-order valence-corrected chi connectivity index (χ3v) is 3.64. The maximum Gasteiger partial charge on any atom is 0.267 e. The summed E-state index contributed by atoms with van der Waals surface area (Å²) in [5.41, 5.74) is 0.825. The van der Waals surface area contributed by atoms with Crippen molar-refractivity contribution in [3.63, 3.8) is 0 Å². The minimum atomic E-state index is 0.0806. The summed E-state index contributed by atoms with van der Waals surface area (Å²) >= 11 is 1.21. The largest absolute Gasteiger partial charge is 0.335 e. The normalized spacial score (nSPS) is 20.9. The van der Waals surface area contributed by atoms with E-state index in [1.807, 2.05) is 18.7 Å². The second kappa shape index (κ2) is 5.10. The molecule has 94 valence electrons. The summed E-state index contributed by atoms with van der Waals surface area (Å²) in [5, 5.41) is 7.38. The number of rotatable bonds is 2. The van der Waals surface area contributed by atoms with Crippen molar-refractivity contribution in [1.29, 1.82) is 0 Å². The number of carbonyl (C=O) groups is 1. The molecule has 0 bridgehead atoms. The van der Waals surface area contributed by atoms with Gasteiger partial charge >= 0.3 is 0 Å². The molecular weight excluding hydrogens is 236 g/mol. The number of hydrogen-bond acceptors (Lipinski definition) is 5. The molecule has 1 saturated heterocycles. The predicted molar refractivity (Wildman–Crippen MR) is 67.4 cm³/mol. The molecule has 0 saturated carbocycles. The lowest BCUT2D eigenvalue weighted by Crippen LogP contribution is -2.51. The average Bonchev–Trinajstić information content (AvgIpc) is 2.77. The molecule has 0 unspecified atom stereocenters. The fraction of sp³-hybridized carbons (Fsp3) is 0.727. The van der Waals surface area contributed by atoms with Crippen molar-refractivity contribution in [3.8, 4) is 0 Å². The summed E-state index contributed by atoms with van der Waals surface area (Å²) < 4.78 is 3.91. The van der Waals surface area contributed by atoms with Crippen molar-refractivity contribution < 1.29 is 4.79 Å². The van der Waals surface area contributed by atoms with Crippen LogP contribution >= 0.6 is 11.5 Å². The molecular formula is C11H18N4OS. The van der Waals surface area contributed by atoms with E-state index in [0.717, 1.165) is 25.3 Å². The molecule has 1 fully saturated rings. The lowest BCUT2D eigenvalue weighted by Gasteiger charge is -2.31. The Hall–Kier alpha value is -1.01. The third-order valence-electron chi connectivity index (χ3n) is 2.91. The van der Waals surface area contributed by atoms with Gasteiger partial charge < -0.3 is 10.2 Å². The van der Waals surface area contributed by atoms with Crippen molar-refractivity contribution in [1.82, 2.24) is 19.8 Å². The number of nitrogens with one attached hydrogen (secondary N) is 1. The molecule has 1 aliphatic rings. The first kappa shape index (κ1) is 12.4. The van der Waals surface area contributed by atoms with Gasteiger partial charge in [-0.05, 0) is 24.4 Å². The number of carbonyl (C=O) groups excluding carboxylic acids is 1. The fourth-order valence-corrected chi connectivity index (χ4v) is 2.77. The molecule has 17 heavy (non-hydrogen) atoms. The molecule has 2 rings (SSSR count). The third kappa shape index (κ3) is 2.63. The second-order valence-corrected chi connectivity index (χ2v) is 5.50. The van der Waals surface area contributed by atoms with E-state index in [9.17, 15) is 4.79 Å². The summed E-state index contributed by atoms with van der Waals surface area (Å²) in [6, 6.07) is 0.357. The SMILES string of the molecule is CC(C)c1nnsc1C(=O)N1CCN[C@@H](C)C1. The van der Waals surface area contributed by atoms with Crippen LogP contribution in [0.4, 0.5) is 0 Å². The monoisotopic (exact) mass is 254 g/mol. The first-order valence-electron chi connectivity index (χ1n) is 5.94. The highest BCUT2D eigenvalue weighted by atomic mass is 32.1. The molecule has 1 aromatic heterocycles. The summed E-state index contributed by atoms with van der Waals surface area (Å²) in [6.07, 6.45) is 0. The number of piperazine rings is 1. The lowest BCUT2D eigenvalue weighted by atomic mass is 10.1. The van der Waals surface area contributed by atoms with Crippen molar-refractivity contribution in [2.75, 3.05) is 19.6 Å². The van der Waals surface area contributed by atoms with Crippen LogP contribution in [-0.2, 0) is 0 Å². The van der Waals surface area contributed by atoms with Gasteiger partial charge in [-0.1, -0.05) is 18.3 Å². The molecule has 2 heterocycles. The Balaban J connectivity index is 2.16. The van der Waals surface area contributed by atoms with Gasteiger partial charge in [0, 0.05) is 25.7 Å². The standard InChI is InChI=1S/C11H18N4OS/c1-7(2)9-10(17-14-13-9)11(16)15-5-4-12-8(3)6-15/h7-8,12H,4-6H2,1-3H3/t8-/m0/s1. The van der Waals surface area contributed by atoms with Crippen LogP contribution in [0.3, 0.4) is 0 Å². The van der Waals surface area contributed by atoms with Gasteiger partial charge in [0.25, 0.3) is 5.91 Å². The maximum atomic E-state index is 12.4. The van der Waals surface area contributed by atoms with E-state index in [4.69, 9.17) is 0 Å². The zero-order chi connectivity index (χ0) is 12.4. The fourth-order valence-electron chi connectivity index (χ4n) is 1.98. The Labute approximate surface area is 105 Å².